The molecule has 29 heavy (non-hydrogen) atoms. The summed E-state index contributed by atoms with van der Waals surface area (Å²) in [6, 6.07) is 7.06. The van der Waals surface area contributed by atoms with Crippen molar-refractivity contribution in [3.8, 4) is 5.75 Å². The summed E-state index contributed by atoms with van der Waals surface area (Å²) in [7, 11) is 3.63. The van der Waals surface area contributed by atoms with Gasteiger partial charge in [-0.1, -0.05) is 6.07 Å². The second-order valence-corrected chi connectivity index (χ2v) is 6.84. The van der Waals surface area contributed by atoms with E-state index in [9.17, 15) is 4.79 Å². The first-order valence-corrected chi connectivity index (χ1v) is 8.94. The van der Waals surface area contributed by atoms with Crippen LogP contribution in [0.3, 0.4) is 0 Å². The van der Waals surface area contributed by atoms with E-state index in [1.807, 2.05) is 14.1 Å². The van der Waals surface area contributed by atoms with Gasteiger partial charge in [0.25, 0.3) is 0 Å². The monoisotopic (exact) mass is 423 g/mol. The highest BCUT2D eigenvalue weighted by molar-refractivity contribution is 5.98. The van der Waals surface area contributed by atoms with Crippen molar-refractivity contribution in [2.75, 3.05) is 43.3 Å². The number of carbonyl (C=O) groups excluding carboxylic acids is 1. The first-order valence-electron chi connectivity index (χ1n) is 8.94. The van der Waals surface area contributed by atoms with Crippen molar-refractivity contribution < 1.29 is 14.3 Å². The van der Waals surface area contributed by atoms with Crippen LogP contribution >= 0.6 is 12.4 Å². The average molecular weight is 424 g/mol. The molecule has 1 fully saturated rings. The number of ether oxygens (including phenoxy) is 2. The molecule has 2 aromatic rings. The molecule has 5 N–H and O–H groups in total. The molecule has 0 saturated carbocycles. The Morgan fingerprint density at radius 2 is 2.00 bits per heavy atom. The molecular formula is C18H26ClN7O3. The predicted octanol–water partition coefficient (Wildman–Crippen LogP) is 0.967. The van der Waals surface area contributed by atoms with Crippen LogP contribution in [0.4, 0.5) is 17.6 Å². The number of hydrogen-bond acceptors (Lipinski definition) is 9. The molecule has 1 saturated heterocycles. The fraction of sp³-hybridized carbons (Fsp3) is 0.444. The summed E-state index contributed by atoms with van der Waals surface area (Å²) in [5, 5.41) is 2.86. The molecular weight excluding hydrogens is 398 g/mol. The van der Waals surface area contributed by atoms with Crippen molar-refractivity contribution in [2.45, 2.75) is 25.0 Å². The van der Waals surface area contributed by atoms with Gasteiger partial charge in [-0.05, 0) is 25.0 Å². The Hall–Kier alpha value is -2.69. The molecule has 0 aliphatic carbocycles. The number of hydrogen-bond donors (Lipinski definition) is 3. The zero-order valence-corrected chi connectivity index (χ0v) is 17.2. The minimum absolute atomic E-state index is 0. The number of nitrogens with zero attached hydrogens (tertiary/aromatic N) is 4. The smallest absolute Gasteiger partial charge is 0.244 e. The second kappa shape index (κ2) is 9.68. The van der Waals surface area contributed by atoms with E-state index in [4.69, 9.17) is 20.9 Å². The maximum absolute atomic E-state index is 12.5. The third-order valence-corrected chi connectivity index (χ3v) is 4.38. The first kappa shape index (κ1) is 22.6. The molecule has 1 aromatic carbocycles. The number of benzene rings is 1. The quantitative estimate of drug-likeness (QED) is 0.619. The second-order valence-electron chi connectivity index (χ2n) is 6.84. The summed E-state index contributed by atoms with van der Waals surface area (Å²) in [5.74, 6) is 1.32. The molecule has 0 atom stereocenters. The molecule has 2 heterocycles. The van der Waals surface area contributed by atoms with E-state index in [-0.39, 0.29) is 30.9 Å². The molecule has 10 nitrogen and oxygen atoms in total. The van der Waals surface area contributed by atoms with Gasteiger partial charge in [-0.25, -0.2) is 0 Å². The summed E-state index contributed by atoms with van der Waals surface area (Å²) < 4.78 is 11.0. The van der Waals surface area contributed by atoms with E-state index in [0.29, 0.717) is 49.3 Å². The standard InChI is InChI=1S/C18H25N7O3.ClH/c1-25(2)17-23-14(22-16(19)24-17)11-28-13-5-3-4-12(10-13)21-15(26)18(20)6-8-27-9-7-18;/h3-5,10H,6-9,11,20H2,1-2H3,(H,21,26)(H2,19,22,23,24);1H. The van der Waals surface area contributed by atoms with Crippen LogP contribution in [0.1, 0.15) is 18.7 Å². The van der Waals surface area contributed by atoms with Crippen LogP contribution < -0.4 is 26.4 Å². The highest BCUT2D eigenvalue weighted by Crippen LogP contribution is 2.23. The van der Waals surface area contributed by atoms with Crippen LogP contribution in [0.15, 0.2) is 24.3 Å². The number of rotatable bonds is 6. The van der Waals surface area contributed by atoms with Crippen molar-refractivity contribution >= 4 is 35.9 Å². The molecule has 0 spiro atoms. The van der Waals surface area contributed by atoms with Crippen molar-refractivity contribution in [2.24, 2.45) is 5.73 Å². The predicted molar refractivity (Wildman–Crippen MR) is 112 cm³/mol. The number of nitrogen functional groups attached to an aromatic ring is 1. The summed E-state index contributed by atoms with van der Waals surface area (Å²) in [5.41, 5.74) is 11.6. The zero-order chi connectivity index (χ0) is 20.1. The number of carbonyl (C=O) groups is 1. The lowest BCUT2D eigenvalue weighted by Crippen LogP contribution is -2.54. The number of anilines is 3. The summed E-state index contributed by atoms with van der Waals surface area (Å²) in [6.45, 7) is 1.08. The van der Waals surface area contributed by atoms with E-state index in [1.54, 1.807) is 29.2 Å². The Bertz CT molecular complexity index is 844. The maximum Gasteiger partial charge on any atom is 0.244 e. The maximum atomic E-state index is 12.5. The molecule has 0 radical (unpaired) electrons. The molecule has 1 aliphatic heterocycles. The normalized spacial score (nSPS) is 15.1. The minimum atomic E-state index is -0.917. The van der Waals surface area contributed by atoms with Crippen molar-refractivity contribution in [1.82, 2.24) is 15.0 Å². The van der Waals surface area contributed by atoms with E-state index < -0.39 is 5.54 Å². The van der Waals surface area contributed by atoms with Crippen LogP contribution in [0.2, 0.25) is 0 Å². The van der Waals surface area contributed by atoms with E-state index in [2.05, 4.69) is 20.3 Å². The zero-order valence-electron chi connectivity index (χ0n) is 16.4. The van der Waals surface area contributed by atoms with E-state index in [1.165, 1.54) is 0 Å². The average Bonchev–Trinajstić information content (AvgIpc) is 2.67. The molecule has 1 amide bonds. The lowest BCUT2D eigenvalue weighted by atomic mass is 9.90. The topological polar surface area (TPSA) is 142 Å². The first-order chi connectivity index (χ1) is 13.4. The van der Waals surface area contributed by atoms with Crippen LogP contribution in [0, 0.1) is 0 Å². The Morgan fingerprint density at radius 1 is 1.28 bits per heavy atom. The fourth-order valence-electron chi connectivity index (χ4n) is 2.72. The number of amides is 1. The number of nitrogens with two attached hydrogens (primary N) is 2. The molecule has 1 aliphatic rings. The van der Waals surface area contributed by atoms with Crippen LogP contribution in [-0.4, -0.2) is 53.7 Å². The van der Waals surface area contributed by atoms with Gasteiger partial charge in [0.1, 0.15) is 17.9 Å². The minimum Gasteiger partial charge on any atom is -0.486 e. The molecule has 11 heteroatoms. The van der Waals surface area contributed by atoms with Crippen molar-refractivity contribution in [3.05, 3.63) is 30.1 Å². The van der Waals surface area contributed by atoms with E-state index in [0.717, 1.165) is 0 Å². The summed E-state index contributed by atoms with van der Waals surface area (Å²) >= 11 is 0. The molecule has 0 bridgehead atoms. The van der Waals surface area contributed by atoms with Crippen LogP contribution in [0.25, 0.3) is 0 Å². The van der Waals surface area contributed by atoms with Gasteiger partial charge < -0.3 is 31.2 Å². The van der Waals surface area contributed by atoms with Crippen LogP contribution in [-0.2, 0) is 16.1 Å². The SMILES string of the molecule is CN(C)c1nc(N)nc(COc2cccc(NC(=O)C3(N)CCOCC3)c2)n1.Cl. The van der Waals surface area contributed by atoms with Gasteiger partial charge >= 0.3 is 0 Å². The number of aromatic nitrogens is 3. The highest BCUT2D eigenvalue weighted by atomic mass is 35.5. The molecule has 1 aromatic heterocycles. The molecule has 3 rings (SSSR count). The lowest BCUT2D eigenvalue weighted by molar-refractivity contribution is -0.124. The molecule has 0 unspecified atom stereocenters. The van der Waals surface area contributed by atoms with Gasteiger partial charge in [-0.3, -0.25) is 4.79 Å². The van der Waals surface area contributed by atoms with Crippen molar-refractivity contribution in [1.29, 1.82) is 0 Å². The number of nitrogens with one attached hydrogen (secondary N) is 1. The summed E-state index contributed by atoms with van der Waals surface area (Å²) in [4.78, 5) is 26.7. The van der Waals surface area contributed by atoms with Gasteiger partial charge in [-0.15, -0.1) is 12.4 Å². The summed E-state index contributed by atoms with van der Waals surface area (Å²) in [6.07, 6.45) is 0.980. The fourth-order valence-corrected chi connectivity index (χ4v) is 2.72. The van der Waals surface area contributed by atoms with Crippen LogP contribution in [0.5, 0.6) is 5.75 Å². The third kappa shape index (κ3) is 5.89. The molecule has 158 valence electrons. The van der Waals surface area contributed by atoms with Gasteiger partial charge in [0.2, 0.25) is 17.8 Å². The Balaban J connectivity index is 0.00000300. The number of halogens is 1. The Kier molecular flexibility index (Phi) is 7.54. The van der Waals surface area contributed by atoms with Gasteiger partial charge in [0.05, 0.1) is 0 Å². The lowest BCUT2D eigenvalue weighted by Gasteiger charge is -2.31. The van der Waals surface area contributed by atoms with E-state index >= 15 is 0 Å². The highest BCUT2D eigenvalue weighted by Gasteiger charge is 2.35. The largest absolute Gasteiger partial charge is 0.486 e. The van der Waals surface area contributed by atoms with Gasteiger partial charge in [0.15, 0.2) is 5.82 Å². The van der Waals surface area contributed by atoms with Gasteiger partial charge in [-0.2, -0.15) is 15.0 Å². The Morgan fingerprint density at radius 3 is 2.69 bits per heavy atom. The van der Waals surface area contributed by atoms with Crippen molar-refractivity contribution in [3.63, 3.8) is 0 Å². The third-order valence-electron chi connectivity index (χ3n) is 4.38. The van der Waals surface area contributed by atoms with Gasteiger partial charge in [0, 0.05) is 39.1 Å². The Labute approximate surface area is 175 Å².